The van der Waals surface area contributed by atoms with E-state index < -0.39 is 11.6 Å². The summed E-state index contributed by atoms with van der Waals surface area (Å²) in [5.74, 6) is 0.440. The Bertz CT molecular complexity index is 932. The van der Waals surface area contributed by atoms with E-state index in [1.807, 2.05) is 4.57 Å². The van der Waals surface area contributed by atoms with E-state index in [-0.39, 0.29) is 17.2 Å². The zero-order chi connectivity index (χ0) is 18.4. The molecule has 2 aliphatic rings. The first-order valence-electron chi connectivity index (χ1n) is 8.53. The molecule has 1 aliphatic carbocycles. The summed E-state index contributed by atoms with van der Waals surface area (Å²) >= 11 is 6.43. The highest BCUT2D eigenvalue weighted by Gasteiger charge is 2.28. The molecule has 1 N–H and O–H groups in total. The van der Waals surface area contributed by atoms with Gasteiger partial charge in [0.05, 0.1) is 16.6 Å². The maximum atomic E-state index is 12.6. The van der Waals surface area contributed by atoms with Gasteiger partial charge in [-0.2, -0.15) is 0 Å². The Labute approximate surface area is 154 Å². The molecular formula is C17H19ClN4O4. The number of anilines is 1. The number of rotatable bonds is 3. The Morgan fingerprint density at radius 1 is 1.31 bits per heavy atom. The molecule has 2 aromatic heterocycles. The van der Waals surface area contributed by atoms with E-state index in [4.69, 9.17) is 21.7 Å². The number of piperazine rings is 1. The van der Waals surface area contributed by atoms with E-state index in [9.17, 15) is 9.59 Å². The van der Waals surface area contributed by atoms with Crippen LogP contribution < -0.4 is 15.1 Å². The monoisotopic (exact) mass is 378 g/mol. The molecule has 0 radical (unpaired) electrons. The van der Waals surface area contributed by atoms with Gasteiger partial charge in [-0.1, -0.05) is 11.6 Å². The largest absolute Gasteiger partial charge is 0.511 e. The van der Waals surface area contributed by atoms with Crippen molar-refractivity contribution in [2.45, 2.75) is 18.9 Å². The second-order valence-corrected chi connectivity index (χ2v) is 7.19. The Morgan fingerprint density at radius 3 is 2.62 bits per heavy atom. The van der Waals surface area contributed by atoms with Crippen LogP contribution in [0.2, 0.25) is 5.02 Å². The number of hydrogen-bond donors (Lipinski definition) is 1. The summed E-state index contributed by atoms with van der Waals surface area (Å²) in [6.45, 7) is 3.44. The van der Waals surface area contributed by atoms with Gasteiger partial charge in [-0.25, -0.2) is 9.78 Å². The summed E-state index contributed by atoms with van der Waals surface area (Å²) in [6.07, 6.45) is 1.85. The highest BCUT2D eigenvalue weighted by Crippen LogP contribution is 2.38. The molecule has 26 heavy (non-hydrogen) atoms. The highest BCUT2D eigenvalue weighted by molar-refractivity contribution is 6.33. The van der Waals surface area contributed by atoms with Crippen LogP contribution in [0.15, 0.2) is 17.1 Å². The van der Waals surface area contributed by atoms with Crippen LogP contribution in [-0.4, -0.2) is 58.9 Å². The van der Waals surface area contributed by atoms with Gasteiger partial charge in [0.25, 0.3) is 0 Å². The molecule has 0 unspecified atom stereocenters. The summed E-state index contributed by atoms with van der Waals surface area (Å²) in [7, 11) is 2.07. The van der Waals surface area contributed by atoms with Gasteiger partial charge in [0, 0.05) is 32.2 Å². The number of pyridine rings is 2. The van der Waals surface area contributed by atoms with Gasteiger partial charge in [-0.05, 0) is 26.0 Å². The number of hydrogen-bond acceptors (Lipinski definition) is 6. The second kappa shape index (κ2) is 6.44. The molecule has 1 saturated carbocycles. The van der Waals surface area contributed by atoms with Crippen molar-refractivity contribution in [2.75, 3.05) is 38.1 Å². The van der Waals surface area contributed by atoms with Crippen molar-refractivity contribution in [3.05, 3.63) is 27.5 Å². The topological polar surface area (TPSA) is 87.9 Å². The van der Waals surface area contributed by atoms with Crippen molar-refractivity contribution >= 4 is 34.6 Å². The lowest BCUT2D eigenvalue weighted by molar-refractivity contribution is 0.143. The normalized spacial score (nSPS) is 18.3. The van der Waals surface area contributed by atoms with Crippen LogP contribution in [0.5, 0.6) is 5.75 Å². The van der Waals surface area contributed by atoms with Gasteiger partial charge in [0.15, 0.2) is 5.75 Å². The van der Waals surface area contributed by atoms with Gasteiger partial charge in [0.2, 0.25) is 5.43 Å². The minimum atomic E-state index is -1.52. The predicted octanol–water partition coefficient (Wildman–Crippen LogP) is 2.19. The molecule has 3 heterocycles. The van der Waals surface area contributed by atoms with Crippen LogP contribution in [0.25, 0.3) is 11.0 Å². The van der Waals surface area contributed by atoms with E-state index in [2.05, 4.69) is 21.6 Å². The van der Waals surface area contributed by atoms with E-state index in [1.54, 1.807) is 6.07 Å². The molecule has 138 valence electrons. The minimum Gasteiger partial charge on any atom is -0.449 e. The van der Waals surface area contributed by atoms with Crippen molar-refractivity contribution in [1.82, 2.24) is 14.5 Å². The second-order valence-electron chi connectivity index (χ2n) is 6.78. The van der Waals surface area contributed by atoms with Gasteiger partial charge in [-0.3, -0.25) is 4.79 Å². The van der Waals surface area contributed by atoms with E-state index >= 15 is 0 Å². The number of carboxylic acid groups (broad SMARTS) is 1. The lowest BCUT2D eigenvalue weighted by Crippen LogP contribution is -2.45. The van der Waals surface area contributed by atoms with Crippen molar-refractivity contribution in [3.8, 4) is 5.75 Å². The van der Waals surface area contributed by atoms with Gasteiger partial charge < -0.3 is 24.2 Å². The molecule has 0 bridgehead atoms. The SMILES string of the molecule is CN1CCN(c2nc3c(cc2Cl)c(=O)c(OC(=O)O)cn3C2CC2)CC1. The van der Waals surface area contributed by atoms with Crippen LogP contribution in [0.4, 0.5) is 10.6 Å². The summed E-state index contributed by atoms with van der Waals surface area (Å²) in [5, 5.41) is 9.54. The van der Waals surface area contributed by atoms with E-state index in [1.165, 1.54) is 6.20 Å². The zero-order valence-corrected chi connectivity index (χ0v) is 15.1. The molecule has 1 saturated heterocycles. The number of halogens is 1. The fourth-order valence-electron chi connectivity index (χ4n) is 3.25. The van der Waals surface area contributed by atoms with Crippen molar-refractivity contribution in [3.63, 3.8) is 0 Å². The molecule has 8 nitrogen and oxygen atoms in total. The van der Waals surface area contributed by atoms with E-state index in [0.717, 1.165) is 39.0 Å². The lowest BCUT2D eigenvalue weighted by atomic mass is 10.2. The fourth-order valence-corrected chi connectivity index (χ4v) is 3.52. The summed E-state index contributed by atoms with van der Waals surface area (Å²) in [6, 6.07) is 1.77. The molecule has 2 fully saturated rings. The standard InChI is InChI=1S/C17H19ClN4O4/c1-20-4-6-21(7-5-20)16-12(18)8-11-14(23)13(26-17(24)25)9-22(10-2-3-10)15(11)19-16/h8-10H,2-7H2,1H3,(H,24,25). The van der Waals surface area contributed by atoms with Crippen molar-refractivity contribution < 1.29 is 14.6 Å². The van der Waals surface area contributed by atoms with Crippen molar-refractivity contribution in [2.24, 2.45) is 0 Å². The molecule has 4 rings (SSSR count). The number of nitrogens with zero attached hydrogens (tertiary/aromatic N) is 4. The predicted molar refractivity (Wildman–Crippen MR) is 97.6 cm³/mol. The molecule has 2 aromatic rings. The Kier molecular flexibility index (Phi) is 4.24. The maximum Gasteiger partial charge on any atom is 0.511 e. The smallest absolute Gasteiger partial charge is 0.449 e. The summed E-state index contributed by atoms with van der Waals surface area (Å²) in [4.78, 5) is 32.6. The van der Waals surface area contributed by atoms with Crippen LogP contribution in [0.3, 0.4) is 0 Å². The molecule has 1 aliphatic heterocycles. The third-order valence-electron chi connectivity index (χ3n) is 4.85. The minimum absolute atomic E-state index is 0.197. The first-order chi connectivity index (χ1) is 12.4. The Morgan fingerprint density at radius 2 is 2.00 bits per heavy atom. The van der Waals surface area contributed by atoms with Crippen LogP contribution >= 0.6 is 11.6 Å². The van der Waals surface area contributed by atoms with Crippen molar-refractivity contribution in [1.29, 1.82) is 0 Å². The number of fused-ring (bicyclic) bond motifs is 1. The molecule has 9 heteroatoms. The third kappa shape index (κ3) is 3.10. The van der Waals surface area contributed by atoms with Gasteiger partial charge in [0.1, 0.15) is 11.5 Å². The molecule has 0 amide bonds. The molecule has 0 atom stereocenters. The molecular weight excluding hydrogens is 360 g/mol. The molecule has 0 aromatic carbocycles. The fraction of sp³-hybridized carbons (Fsp3) is 0.471. The number of carbonyl (C=O) groups is 1. The average molecular weight is 379 g/mol. The van der Waals surface area contributed by atoms with Crippen LogP contribution in [0.1, 0.15) is 18.9 Å². The van der Waals surface area contributed by atoms with Gasteiger partial charge in [-0.15, -0.1) is 0 Å². The highest BCUT2D eigenvalue weighted by atomic mass is 35.5. The number of likely N-dealkylation sites (N-methyl/N-ethyl adjacent to an activating group) is 1. The Hall–Kier alpha value is -2.32. The van der Waals surface area contributed by atoms with Crippen LogP contribution in [0, 0.1) is 0 Å². The van der Waals surface area contributed by atoms with Gasteiger partial charge >= 0.3 is 6.16 Å². The lowest BCUT2D eigenvalue weighted by Gasteiger charge is -2.33. The zero-order valence-electron chi connectivity index (χ0n) is 14.3. The third-order valence-corrected chi connectivity index (χ3v) is 5.13. The number of ether oxygens (including phenoxy) is 1. The quantitative estimate of drug-likeness (QED) is 0.819. The Balaban J connectivity index is 1.85. The van der Waals surface area contributed by atoms with Crippen LogP contribution in [-0.2, 0) is 0 Å². The maximum absolute atomic E-state index is 12.6. The first kappa shape index (κ1) is 17.1. The molecule has 0 spiro atoms. The first-order valence-corrected chi connectivity index (χ1v) is 8.91. The number of aromatic nitrogens is 2. The average Bonchev–Trinajstić information content (AvgIpc) is 3.43. The summed E-state index contributed by atoms with van der Waals surface area (Å²) < 4.78 is 6.50. The van der Waals surface area contributed by atoms with E-state index in [0.29, 0.717) is 16.5 Å². The summed E-state index contributed by atoms with van der Waals surface area (Å²) in [5.41, 5.74) is 0.00666.